The zero-order valence-corrected chi connectivity index (χ0v) is 32.8. The van der Waals surface area contributed by atoms with Crippen LogP contribution in [0.15, 0.2) is 199 Å². The summed E-state index contributed by atoms with van der Waals surface area (Å²) in [6, 6.07) is 62.7. The van der Waals surface area contributed by atoms with Crippen molar-refractivity contribution >= 4 is 17.3 Å². The highest BCUT2D eigenvalue weighted by Crippen LogP contribution is 2.69. The van der Waals surface area contributed by atoms with Gasteiger partial charge in [0.15, 0.2) is 0 Å². The van der Waals surface area contributed by atoms with Gasteiger partial charge >= 0.3 is 0 Å². The minimum Gasteiger partial charge on any atom is -0.457 e. The Balaban J connectivity index is 1.24. The fourth-order valence-electron chi connectivity index (χ4n) is 11.0. The van der Waals surface area contributed by atoms with Gasteiger partial charge in [0.1, 0.15) is 34.6 Å². The Morgan fingerprint density at radius 1 is 0.467 bits per heavy atom. The van der Waals surface area contributed by atoms with Crippen LogP contribution < -0.4 is 14.4 Å². The Kier molecular flexibility index (Phi) is 6.84. The molecule has 0 bridgehead atoms. The van der Waals surface area contributed by atoms with Crippen LogP contribution in [0.1, 0.15) is 52.3 Å². The Bertz CT molecular complexity index is 3120. The summed E-state index contributed by atoms with van der Waals surface area (Å²) in [6.07, 6.45) is 5.31. The summed E-state index contributed by atoms with van der Waals surface area (Å²) in [5.41, 5.74) is 12.5. The van der Waals surface area contributed by atoms with Crippen LogP contribution in [0.4, 0.5) is 17.3 Å². The zero-order valence-electron chi connectivity index (χ0n) is 32.8. The van der Waals surface area contributed by atoms with Crippen molar-refractivity contribution in [2.75, 3.05) is 4.90 Å². The summed E-state index contributed by atoms with van der Waals surface area (Å²) < 4.78 is 13.7. The number of nitrogens with zero attached hydrogens (tertiary/aromatic N) is 3. The molecule has 0 N–H and O–H groups in total. The minimum absolute atomic E-state index is 0.309. The van der Waals surface area contributed by atoms with Crippen LogP contribution in [0.2, 0.25) is 0 Å². The lowest BCUT2D eigenvalue weighted by atomic mass is 9.55. The monoisotopic (exact) mass is 771 g/mol. The van der Waals surface area contributed by atoms with Crippen LogP contribution in [-0.4, -0.2) is 9.97 Å². The Morgan fingerprint density at radius 3 is 1.52 bits per heavy atom. The van der Waals surface area contributed by atoms with Crippen molar-refractivity contribution in [3.8, 4) is 39.8 Å². The van der Waals surface area contributed by atoms with E-state index in [1.54, 1.807) is 0 Å². The third-order valence-corrected chi connectivity index (χ3v) is 13.4. The molecule has 1 aliphatic carbocycles. The maximum Gasteiger partial charge on any atom is 0.144 e. The lowest BCUT2D eigenvalue weighted by molar-refractivity contribution is 0.378. The molecular weight excluding hydrogens is 735 g/mol. The van der Waals surface area contributed by atoms with Crippen LogP contribution in [-0.2, 0) is 10.8 Å². The van der Waals surface area contributed by atoms with Gasteiger partial charge in [0.25, 0.3) is 0 Å². The van der Waals surface area contributed by atoms with E-state index in [2.05, 4.69) is 200 Å². The summed E-state index contributed by atoms with van der Waals surface area (Å²) in [4.78, 5) is 14.0. The number of anilines is 3. The number of hydrogen-bond donors (Lipinski definition) is 0. The average molecular weight is 772 g/mol. The third kappa shape index (κ3) is 4.26. The smallest absolute Gasteiger partial charge is 0.144 e. The molecule has 0 fully saturated rings. The topological polar surface area (TPSA) is 47.5 Å². The molecule has 2 atom stereocenters. The highest BCUT2D eigenvalue weighted by atomic mass is 16.5. The first-order valence-corrected chi connectivity index (χ1v) is 20.8. The first kappa shape index (κ1) is 33.5. The van der Waals surface area contributed by atoms with Gasteiger partial charge in [-0.25, -0.2) is 9.97 Å². The van der Waals surface area contributed by atoms with Gasteiger partial charge in [-0.1, -0.05) is 159 Å². The molecule has 6 heterocycles. The van der Waals surface area contributed by atoms with Crippen LogP contribution in [0.3, 0.4) is 0 Å². The number of benzene rings is 6. The van der Waals surface area contributed by atoms with E-state index in [0.29, 0.717) is 5.92 Å². The second kappa shape index (κ2) is 12.3. The molecule has 0 amide bonds. The molecule has 2 aromatic heterocycles. The second-order valence-electron chi connectivity index (χ2n) is 16.5. The van der Waals surface area contributed by atoms with Crippen molar-refractivity contribution in [2.24, 2.45) is 5.92 Å². The minimum atomic E-state index is -0.789. The lowest BCUT2D eigenvalue weighted by Gasteiger charge is -2.54. The van der Waals surface area contributed by atoms with Crippen molar-refractivity contribution in [3.63, 3.8) is 0 Å². The first-order valence-electron chi connectivity index (χ1n) is 20.8. The molecule has 5 aliphatic rings. The molecule has 13 rings (SSSR count). The maximum absolute atomic E-state index is 6.89. The molecule has 60 heavy (non-hydrogen) atoms. The van der Waals surface area contributed by atoms with Crippen molar-refractivity contribution < 1.29 is 9.47 Å². The Morgan fingerprint density at radius 2 is 0.933 bits per heavy atom. The third-order valence-electron chi connectivity index (χ3n) is 13.4. The fraction of sp³-hybridized carbons (Fsp3) is 0.0909. The number of allylic oxidation sites excluding steroid dienone is 3. The zero-order chi connectivity index (χ0) is 39.6. The number of ether oxygens (including phenoxy) is 2. The molecule has 0 radical (unpaired) electrons. The molecule has 8 aromatic rings. The molecule has 6 aromatic carbocycles. The van der Waals surface area contributed by atoms with Crippen LogP contribution in [0.25, 0.3) is 22.5 Å². The first-order chi connectivity index (χ1) is 29.7. The number of aromatic nitrogens is 2. The number of hydrogen-bond acceptors (Lipinski definition) is 5. The molecule has 0 saturated heterocycles. The van der Waals surface area contributed by atoms with Gasteiger partial charge in [0.2, 0.25) is 0 Å². The maximum atomic E-state index is 6.89. The van der Waals surface area contributed by atoms with Gasteiger partial charge in [-0.3, -0.25) is 4.90 Å². The van der Waals surface area contributed by atoms with Crippen LogP contribution >= 0.6 is 0 Å². The molecule has 5 heteroatoms. The Hall–Kier alpha value is -7.50. The van der Waals surface area contributed by atoms with Gasteiger partial charge in [-0.05, 0) is 65.4 Å². The number of fused-ring (bicyclic) bond motifs is 15. The summed E-state index contributed by atoms with van der Waals surface area (Å²) in [5, 5.41) is 0. The SMILES string of the molecule is CC1C=CC2=C(C1)C1(c3ccccc3O2)c2ccc(-c3ccccc3)nc2N2c3nc(-c4ccccc4)ccc3C3(c4ccccc4Oc4ccccc43)c3cccc1c32. The molecule has 4 aliphatic heterocycles. The summed E-state index contributed by atoms with van der Waals surface area (Å²) in [6.45, 7) is 2.30. The Labute approximate surface area is 348 Å². The molecule has 2 spiro atoms. The van der Waals surface area contributed by atoms with Gasteiger partial charge in [-0.2, -0.15) is 0 Å². The van der Waals surface area contributed by atoms with E-state index >= 15 is 0 Å². The van der Waals surface area contributed by atoms with E-state index in [0.717, 1.165) is 103 Å². The van der Waals surface area contributed by atoms with Crippen molar-refractivity contribution in [1.29, 1.82) is 0 Å². The standard InChI is InChI=1S/C55H37N3O2/c1-34-27-32-50-44(33-34)55(39-21-10-13-26-49(39)60-50)41-23-14-22-40-51(41)58(53-43(55)29-31-46(57-53)36-17-6-3-7-18-36)52-42(28-30-45(56-52)35-15-4-2-5-16-35)54(40)37-19-8-11-24-47(37)59-48-25-12-9-20-38(48)54/h2-32,34H,33H2,1H3. The number of rotatable bonds is 2. The predicted octanol–water partition coefficient (Wildman–Crippen LogP) is 13.0. The molecule has 5 nitrogen and oxygen atoms in total. The second-order valence-corrected chi connectivity index (χ2v) is 16.5. The van der Waals surface area contributed by atoms with E-state index < -0.39 is 10.8 Å². The van der Waals surface area contributed by atoms with Gasteiger partial charge < -0.3 is 9.47 Å². The molecular formula is C55H37N3O2. The van der Waals surface area contributed by atoms with Gasteiger partial charge in [0.05, 0.1) is 27.9 Å². The van der Waals surface area contributed by atoms with E-state index in [1.807, 2.05) is 0 Å². The van der Waals surface area contributed by atoms with E-state index in [9.17, 15) is 0 Å². The van der Waals surface area contributed by atoms with Crippen LogP contribution in [0, 0.1) is 5.92 Å². The number of para-hydroxylation sites is 4. The number of pyridine rings is 2. The van der Waals surface area contributed by atoms with E-state index in [4.69, 9.17) is 19.4 Å². The van der Waals surface area contributed by atoms with E-state index in [-0.39, 0.29) is 0 Å². The van der Waals surface area contributed by atoms with Crippen molar-refractivity contribution in [2.45, 2.75) is 24.2 Å². The predicted molar refractivity (Wildman–Crippen MR) is 236 cm³/mol. The summed E-state index contributed by atoms with van der Waals surface area (Å²) >= 11 is 0. The quantitative estimate of drug-likeness (QED) is 0.175. The van der Waals surface area contributed by atoms with Gasteiger partial charge in [-0.15, -0.1) is 0 Å². The molecule has 284 valence electrons. The van der Waals surface area contributed by atoms with E-state index in [1.165, 1.54) is 11.1 Å². The lowest BCUT2D eigenvalue weighted by Crippen LogP contribution is -2.47. The highest BCUT2D eigenvalue weighted by Gasteiger charge is 2.59. The largest absolute Gasteiger partial charge is 0.457 e. The average Bonchev–Trinajstić information content (AvgIpc) is 3.31. The van der Waals surface area contributed by atoms with Crippen molar-refractivity contribution in [3.05, 3.63) is 238 Å². The summed E-state index contributed by atoms with van der Waals surface area (Å²) in [5.74, 6) is 5.47. The highest BCUT2D eigenvalue weighted by molar-refractivity contribution is 5.97. The summed E-state index contributed by atoms with van der Waals surface area (Å²) in [7, 11) is 0. The van der Waals surface area contributed by atoms with Gasteiger partial charge in [0, 0.05) is 38.9 Å². The van der Waals surface area contributed by atoms with Crippen LogP contribution in [0.5, 0.6) is 17.2 Å². The van der Waals surface area contributed by atoms with Crippen molar-refractivity contribution in [1.82, 2.24) is 9.97 Å². The normalized spacial score (nSPS) is 19.1. The molecule has 0 saturated carbocycles. The molecule has 2 unspecified atom stereocenters. The fourth-order valence-corrected chi connectivity index (χ4v) is 11.0.